The highest BCUT2D eigenvalue weighted by atomic mass is 79.9. The Hall–Kier alpha value is -1.85. The minimum Gasteiger partial charge on any atom is -0.507 e. The maximum absolute atomic E-state index is 10.2. The Kier molecular flexibility index (Phi) is 3.94. The highest BCUT2D eigenvalue weighted by molar-refractivity contribution is 9.10. The van der Waals surface area contributed by atoms with Crippen LogP contribution in [0.3, 0.4) is 0 Å². The average Bonchev–Trinajstić information content (AvgIpc) is 2.86. The largest absolute Gasteiger partial charge is 0.507 e. The first-order valence-corrected chi connectivity index (χ1v) is 7.43. The lowest BCUT2D eigenvalue weighted by Gasteiger charge is -2.10. The Bertz CT molecular complexity index is 783. The van der Waals surface area contributed by atoms with Gasteiger partial charge in [0.05, 0.1) is 23.2 Å². The minimum atomic E-state index is 0.215. The molecule has 0 unspecified atom stereocenters. The maximum atomic E-state index is 10.2. The number of aromatic hydroxyl groups is 1. The number of hydrogen-bond acceptors (Lipinski definition) is 3. The van der Waals surface area contributed by atoms with Crippen LogP contribution < -0.4 is 0 Å². The van der Waals surface area contributed by atoms with Crippen LogP contribution in [0, 0.1) is 0 Å². The van der Waals surface area contributed by atoms with Crippen LogP contribution in [-0.2, 0) is 11.3 Å². The number of hydrogen-bond donors (Lipinski definition) is 1. The second kappa shape index (κ2) is 5.87. The van der Waals surface area contributed by atoms with Gasteiger partial charge in [-0.2, -0.15) is 0 Å². The number of phenolic OH excluding ortho intramolecular Hbond substituents is 1. The second-order valence-electron chi connectivity index (χ2n) is 4.73. The van der Waals surface area contributed by atoms with E-state index >= 15 is 0 Å². The quantitative estimate of drug-likeness (QED) is 0.781. The number of para-hydroxylation sites is 2. The molecule has 0 aliphatic heterocycles. The molecule has 0 saturated heterocycles. The normalized spacial score (nSPS) is 11.1. The molecule has 0 saturated carbocycles. The zero-order valence-electron chi connectivity index (χ0n) is 11.6. The first-order valence-electron chi connectivity index (χ1n) is 6.64. The highest BCUT2D eigenvalue weighted by Crippen LogP contribution is 2.33. The van der Waals surface area contributed by atoms with Gasteiger partial charge in [-0.3, -0.25) is 0 Å². The third-order valence-corrected chi connectivity index (χ3v) is 3.87. The van der Waals surface area contributed by atoms with Crippen molar-refractivity contribution in [3.63, 3.8) is 0 Å². The zero-order chi connectivity index (χ0) is 14.8. The lowest BCUT2D eigenvalue weighted by molar-refractivity contribution is 0.188. The molecule has 4 nitrogen and oxygen atoms in total. The van der Waals surface area contributed by atoms with Crippen molar-refractivity contribution in [2.45, 2.75) is 6.54 Å². The molecule has 1 heterocycles. The summed E-state index contributed by atoms with van der Waals surface area (Å²) in [5.41, 5.74) is 2.64. The number of nitrogens with zero attached hydrogens (tertiary/aromatic N) is 2. The molecule has 5 heteroatoms. The molecular weight excluding hydrogens is 332 g/mol. The number of aromatic nitrogens is 2. The van der Waals surface area contributed by atoms with E-state index in [-0.39, 0.29) is 5.75 Å². The van der Waals surface area contributed by atoms with Gasteiger partial charge < -0.3 is 14.4 Å². The summed E-state index contributed by atoms with van der Waals surface area (Å²) in [6.45, 7) is 1.26. The van der Waals surface area contributed by atoms with E-state index in [4.69, 9.17) is 4.74 Å². The van der Waals surface area contributed by atoms with Gasteiger partial charge in [-0.1, -0.05) is 28.1 Å². The fraction of sp³-hybridized carbons (Fsp3) is 0.188. The van der Waals surface area contributed by atoms with Crippen molar-refractivity contribution in [3.8, 4) is 17.1 Å². The van der Waals surface area contributed by atoms with Crippen LogP contribution in [0.25, 0.3) is 22.4 Å². The summed E-state index contributed by atoms with van der Waals surface area (Å²) in [7, 11) is 1.68. The summed E-state index contributed by atoms with van der Waals surface area (Å²) in [5, 5.41) is 10.2. The fourth-order valence-corrected chi connectivity index (χ4v) is 2.74. The van der Waals surface area contributed by atoms with E-state index < -0.39 is 0 Å². The number of phenols is 1. The molecule has 0 aliphatic rings. The van der Waals surface area contributed by atoms with E-state index in [2.05, 4.69) is 25.5 Å². The minimum absolute atomic E-state index is 0.215. The van der Waals surface area contributed by atoms with Crippen molar-refractivity contribution in [3.05, 3.63) is 46.9 Å². The van der Waals surface area contributed by atoms with Gasteiger partial charge in [0.15, 0.2) is 0 Å². The van der Waals surface area contributed by atoms with Crippen LogP contribution in [0.2, 0.25) is 0 Å². The molecule has 0 bridgehead atoms. The van der Waals surface area contributed by atoms with Crippen molar-refractivity contribution in [2.24, 2.45) is 0 Å². The van der Waals surface area contributed by atoms with Gasteiger partial charge in [0, 0.05) is 18.1 Å². The molecule has 108 valence electrons. The van der Waals surface area contributed by atoms with Crippen LogP contribution >= 0.6 is 15.9 Å². The Labute approximate surface area is 131 Å². The van der Waals surface area contributed by atoms with Crippen LogP contribution in [0.4, 0.5) is 0 Å². The number of fused-ring (bicyclic) bond motifs is 1. The van der Waals surface area contributed by atoms with Crippen molar-refractivity contribution >= 4 is 27.0 Å². The smallest absolute Gasteiger partial charge is 0.144 e. The molecule has 3 aromatic rings. The van der Waals surface area contributed by atoms with Crippen LogP contribution in [-0.4, -0.2) is 28.4 Å². The maximum Gasteiger partial charge on any atom is 0.144 e. The van der Waals surface area contributed by atoms with Crippen LogP contribution in [0.1, 0.15) is 0 Å². The highest BCUT2D eigenvalue weighted by Gasteiger charge is 2.15. The molecular formula is C16H15BrN2O2. The Balaban J connectivity index is 2.23. The zero-order valence-corrected chi connectivity index (χ0v) is 13.2. The van der Waals surface area contributed by atoms with Crippen molar-refractivity contribution in [1.29, 1.82) is 0 Å². The van der Waals surface area contributed by atoms with Gasteiger partial charge in [0.1, 0.15) is 11.6 Å². The van der Waals surface area contributed by atoms with Gasteiger partial charge in [-0.15, -0.1) is 0 Å². The predicted octanol–water partition coefficient (Wildman–Crippen LogP) is 3.82. The summed E-state index contributed by atoms with van der Waals surface area (Å²) in [5.74, 6) is 0.958. The third-order valence-electron chi connectivity index (χ3n) is 3.37. The molecule has 0 atom stereocenters. The summed E-state index contributed by atoms with van der Waals surface area (Å²) >= 11 is 3.44. The number of rotatable bonds is 4. The first-order chi connectivity index (χ1) is 10.2. The van der Waals surface area contributed by atoms with Crippen LogP contribution in [0.5, 0.6) is 5.75 Å². The van der Waals surface area contributed by atoms with Gasteiger partial charge in [-0.05, 0) is 30.3 Å². The Morgan fingerprint density at radius 2 is 2.05 bits per heavy atom. The SMILES string of the molecule is COCCn1c(-c2cc(Br)ccc2O)nc2ccccc21. The molecule has 0 spiro atoms. The summed E-state index contributed by atoms with van der Waals surface area (Å²) in [6.07, 6.45) is 0. The lowest BCUT2D eigenvalue weighted by Crippen LogP contribution is -2.06. The summed E-state index contributed by atoms with van der Waals surface area (Å²) in [6, 6.07) is 13.3. The van der Waals surface area contributed by atoms with Crippen molar-refractivity contribution in [1.82, 2.24) is 9.55 Å². The Morgan fingerprint density at radius 1 is 1.24 bits per heavy atom. The third kappa shape index (κ3) is 2.66. The molecule has 1 N–H and O–H groups in total. The molecule has 0 amide bonds. The molecule has 3 rings (SSSR count). The first kappa shape index (κ1) is 14.1. The van der Waals surface area contributed by atoms with E-state index in [1.165, 1.54) is 0 Å². The van der Waals surface area contributed by atoms with E-state index in [1.54, 1.807) is 19.2 Å². The molecule has 0 fully saturated rings. The number of imidazole rings is 1. The average molecular weight is 347 g/mol. The van der Waals surface area contributed by atoms with Crippen LogP contribution in [0.15, 0.2) is 46.9 Å². The number of halogens is 1. The topological polar surface area (TPSA) is 47.3 Å². The molecule has 2 aromatic carbocycles. The standard InChI is InChI=1S/C16H15BrN2O2/c1-21-9-8-19-14-5-3-2-4-13(14)18-16(19)12-10-11(17)6-7-15(12)20/h2-7,10,20H,8-9H2,1H3. The van der Waals surface area contributed by atoms with Crippen molar-refractivity contribution in [2.75, 3.05) is 13.7 Å². The van der Waals surface area contributed by atoms with Gasteiger partial charge >= 0.3 is 0 Å². The monoisotopic (exact) mass is 346 g/mol. The summed E-state index contributed by atoms with van der Waals surface area (Å²) in [4.78, 5) is 4.66. The molecule has 0 radical (unpaired) electrons. The van der Waals surface area contributed by atoms with Gasteiger partial charge in [0.25, 0.3) is 0 Å². The molecule has 0 aliphatic carbocycles. The van der Waals surface area contributed by atoms with Gasteiger partial charge in [0.2, 0.25) is 0 Å². The number of benzene rings is 2. The van der Waals surface area contributed by atoms with E-state index in [1.807, 2.05) is 30.3 Å². The molecule has 1 aromatic heterocycles. The second-order valence-corrected chi connectivity index (χ2v) is 5.65. The van der Waals surface area contributed by atoms with E-state index in [0.717, 1.165) is 21.3 Å². The predicted molar refractivity (Wildman–Crippen MR) is 86.4 cm³/mol. The fourth-order valence-electron chi connectivity index (χ4n) is 2.38. The molecule has 21 heavy (non-hydrogen) atoms. The summed E-state index contributed by atoms with van der Waals surface area (Å²) < 4.78 is 8.16. The van der Waals surface area contributed by atoms with Gasteiger partial charge in [-0.25, -0.2) is 4.98 Å². The van der Waals surface area contributed by atoms with E-state index in [9.17, 15) is 5.11 Å². The van der Waals surface area contributed by atoms with Crippen molar-refractivity contribution < 1.29 is 9.84 Å². The number of methoxy groups -OCH3 is 1. The Morgan fingerprint density at radius 3 is 2.86 bits per heavy atom. The lowest BCUT2D eigenvalue weighted by atomic mass is 10.2. The van der Waals surface area contributed by atoms with E-state index in [0.29, 0.717) is 18.7 Å². The number of ether oxygens (including phenoxy) is 1.